The Kier molecular flexibility index (Phi) is 5.54. The number of rotatable bonds is 6. The third kappa shape index (κ3) is 4.10. The number of aliphatic hydroxyl groups is 2. The summed E-state index contributed by atoms with van der Waals surface area (Å²) in [5.74, 6) is -0.670. The van der Waals surface area contributed by atoms with Gasteiger partial charge in [-0.1, -0.05) is 6.07 Å². The first-order chi connectivity index (χ1) is 9.12. The number of carbonyl (C=O) groups excluding carboxylic acids is 1. The van der Waals surface area contributed by atoms with E-state index in [-0.39, 0.29) is 30.3 Å². The van der Waals surface area contributed by atoms with Crippen LogP contribution in [-0.4, -0.2) is 40.9 Å². The number of hydrogen-bond acceptors (Lipinski definition) is 6. The van der Waals surface area contributed by atoms with Crippen LogP contribution in [0.4, 0.5) is 0 Å². The van der Waals surface area contributed by atoms with Crippen molar-refractivity contribution >= 4 is 11.9 Å². The van der Waals surface area contributed by atoms with Crippen molar-refractivity contribution in [1.29, 1.82) is 5.26 Å². The van der Waals surface area contributed by atoms with E-state index in [1.165, 1.54) is 24.3 Å². The van der Waals surface area contributed by atoms with Gasteiger partial charge in [-0.2, -0.15) is 5.26 Å². The van der Waals surface area contributed by atoms with Gasteiger partial charge in [-0.15, -0.1) is 0 Å². The molecule has 0 atom stereocenters. The molecule has 6 heteroatoms. The summed E-state index contributed by atoms with van der Waals surface area (Å²) in [7, 11) is 0. The van der Waals surface area contributed by atoms with Crippen molar-refractivity contribution in [3.05, 3.63) is 29.3 Å². The van der Waals surface area contributed by atoms with E-state index in [4.69, 9.17) is 20.2 Å². The van der Waals surface area contributed by atoms with E-state index in [1.54, 1.807) is 6.07 Å². The molecule has 100 valence electrons. The van der Waals surface area contributed by atoms with E-state index in [0.29, 0.717) is 5.56 Å². The monoisotopic (exact) mass is 263 g/mol. The molecule has 3 N–H and O–H groups in total. The molecule has 19 heavy (non-hydrogen) atoms. The molecule has 0 aliphatic heterocycles. The molecule has 0 unspecified atom stereocenters. The summed E-state index contributed by atoms with van der Waals surface area (Å²) in [4.78, 5) is 11.2. The predicted octanol–water partition coefficient (Wildman–Crippen LogP) is 0.232. The van der Waals surface area contributed by atoms with Crippen molar-refractivity contribution in [2.45, 2.75) is 0 Å². The van der Waals surface area contributed by atoms with Gasteiger partial charge in [-0.05, 0) is 23.8 Å². The summed E-state index contributed by atoms with van der Waals surface area (Å²) < 4.78 is 5.05. The third-order valence-corrected chi connectivity index (χ3v) is 2.21. The lowest BCUT2D eigenvalue weighted by molar-refractivity contribution is -0.117. The zero-order chi connectivity index (χ0) is 14.3. The minimum atomic E-state index is -0.747. The van der Waals surface area contributed by atoms with E-state index < -0.39 is 12.4 Å². The zero-order valence-electron chi connectivity index (χ0n) is 10.0. The number of Topliss-reactive ketones (excluding diaryl/α,β-unsaturated/α-hetero) is 1. The summed E-state index contributed by atoms with van der Waals surface area (Å²) in [6.07, 6.45) is 1.26. The predicted molar refractivity (Wildman–Crippen MR) is 66.4 cm³/mol. The van der Waals surface area contributed by atoms with E-state index in [2.05, 4.69) is 0 Å². The van der Waals surface area contributed by atoms with E-state index in [1.807, 2.05) is 0 Å². The maximum atomic E-state index is 11.2. The Hall–Kier alpha value is -2.36. The van der Waals surface area contributed by atoms with Gasteiger partial charge in [0.2, 0.25) is 0 Å². The number of nitrogens with zero attached hydrogens (tertiary/aromatic N) is 1. The van der Waals surface area contributed by atoms with Crippen LogP contribution in [0, 0.1) is 11.3 Å². The number of benzene rings is 1. The minimum Gasteiger partial charge on any atom is -0.504 e. The van der Waals surface area contributed by atoms with Gasteiger partial charge in [0.25, 0.3) is 0 Å². The van der Waals surface area contributed by atoms with Gasteiger partial charge in [0.05, 0.1) is 12.2 Å². The van der Waals surface area contributed by atoms with E-state index in [9.17, 15) is 9.90 Å². The highest BCUT2D eigenvalue weighted by Gasteiger charge is 2.08. The van der Waals surface area contributed by atoms with Crippen LogP contribution in [0.15, 0.2) is 23.8 Å². The molecule has 0 bridgehead atoms. The molecule has 0 aromatic heterocycles. The maximum Gasteiger partial charge on any atom is 0.198 e. The first-order valence-corrected chi connectivity index (χ1v) is 5.45. The Labute approximate surface area is 109 Å². The van der Waals surface area contributed by atoms with E-state index >= 15 is 0 Å². The Morgan fingerprint density at radius 1 is 1.42 bits per heavy atom. The number of hydrogen-bond donors (Lipinski definition) is 3. The Bertz CT molecular complexity index is 530. The standard InChI is InChI=1S/C13H13NO5/c14-7-10(12(18)8-16)5-9-1-2-13(11(17)6-9)19-4-3-15/h1-2,5-6,15-17H,3-4,8H2/b10-5+. The number of aromatic hydroxyl groups is 1. The number of aliphatic hydroxyl groups excluding tert-OH is 2. The van der Waals surface area contributed by atoms with Crippen molar-refractivity contribution in [3.63, 3.8) is 0 Å². The first kappa shape index (κ1) is 14.7. The molecular weight excluding hydrogens is 250 g/mol. The molecule has 0 heterocycles. The van der Waals surface area contributed by atoms with E-state index in [0.717, 1.165) is 0 Å². The van der Waals surface area contributed by atoms with Gasteiger partial charge in [0.15, 0.2) is 17.3 Å². The number of carbonyl (C=O) groups is 1. The second-order valence-corrected chi connectivity index (χ2v) is 3.55. The van der Waals surface area contributed by atoms with Crippen LogP contribution in [0.3, 0.4) is 0 Å². The Balaban J connectivity index is 2.98. The zero-order valence-corrected chi connectivity index (χ0v) is 10.0. The minimum absolute atomic E-state index is 0.0508. The second-order valence-electron chi connectivity index (χ2n) is 3.55. The molecule has 1 rings (SSSR count). The fourth-order valence-corrected chi connectivity index (χ4v) is 1.33. The van der Waals surface area contributed by atoms with Crippen LogP contribution in [0.2, 0.25) is 0 Å². The van der Waals surface area contributed by atoms with Crippen LogP contribution >= 0.6 is 0 Å². The Morgan fingerprint density at radius 3 is 2.68 bits per heavy atom. The second kappa shape index (κ2) is 7.16. The molecule has 0 aliphatic carbocycles. The quantitative estimate of drug-likeness (QED) is 0.500. The number of ether oxygens (including phenoxy) is 1. The number of phenols is 1. The normalized spacial score (nSPS) is 10.9. The first-order valence-electron chi connectivity index (χ1n) is 5.45. The van der Waals surface area contributed by atoms with Crippen LogP contribution in [0.1, 0.15) is 5.56 Å². The molecule has 0 saturated heterocycles. The lowest BCUT2D eigenvalue weighted by atomic mass is 10.1. The third-order valence-electron chi connectivity index (χ3n) is 2.21. The van der Waals surface area contributed by atoms with Crippen molar-refractivity contribution in [2.75, 3.05) is 19.8 Å². The van der Waals surface area contributed by atoms with Crippen molar-refractivity contribution < 1.29 is 24.9 Å². The van der Waals surface area contributed by atoms with Crippen LogP contribution < -0.4 is 4.74 Å². The molecule has 0 aliphatic rings. The fourth-order valence-electron chi connectivity index (χ4n) is 1.33. The van der Waals surface area contributed by atoms with Gasteiger partial charge in [0, 0.05) is 0 Å². The van der Waals surface area contributed by atoms with Crippen LogP contribution in [-0.2, 0) is 4.79 Å². The summed E-state index contributed by atoms with van der Waals surface area (Å²) in [5, 5.41) is 35.7. The highest BCUT2D eigenvalue weighted by molar-refractivity contribution is 6.03. The van der Waals surface area contributed by atoms with Gasteiger partial charge >= 0.3 is 0 Å². The van der Waals surface area contributed by atoms with Gasteiger partial charge in [-0.25, -0.2) is 0 Å². The SMILES string of the molecule is N#C/C(=C\c1ccc(OCCO)c(O)c1)C(=O)CO. The fraction of sp³-hybridized carbons (Fsp3) is 0.231. The van der Waals surface area contributed by atoms with Gasteiger partial charge in [0.1, 0.15) is 19.3 Å². The highest BCUT2D eigenvalue weighted by Crippen LogP contribution is 2.27. The molecule has 0 fully saturated rings. The average Bonchev–Trinajstić information content (AvgIpc) is 2.43. The summed E-state index contributed by atoms with van der Waals surface area (Å²) in [6, 6.07) is 5.98. The lowest BCUT2D eigenvalue weighted by Crippen LogP contribution is -2.05. The molecule has 0 spiro atoms. The molecule has 6 nitrogen and oxygen atoms in total. The topological polar surface area (TPSA) is 111 Å². The number of nitriles is 1. The summed E-state index contributed by atoms with van der Waals surface area (Å²) in [5.41, 5.74) is 0.220. The lowest BCUT2D eigenvalue weighted by Gasteiger charge is -2.07. The van der Waals surface area contributed by atoms with Gasteiger partial charge < -0.3 is 20.1 Å². The number of phenolic OH excluding ortho intramolecular Hbond substituents is 1. The van der Waals surface area contributed by atoms with Crippen LogP contribution in [0.5, 0.6) is 11.5 Å². The van der Waals surface area contributed by atoms with Crippen LogP contribution in [0.25, 0.3) is 6.08 Å². The van der Waals surface area contributed by atoms with Crippen molar-refractivity contribution in [1.82, 2.24) is 0 Å². The van der Waals surface area contributed by atoms with Crippen molar-refractivity contribution in [2.24, 2.45) is 0 Å². The number of ketones is 1. The maximum absolute atomic E-state index is 11.2. The highest BCUT2D eigenvalue weighted by atomic mass is 16.5. The molecule has 0 radical (unpaired) electrons. The molecule has 1 aromatic rings. The Morgan fingerprint density at radius 2 is 2.16 bits per heavy atom. The van der Waals surface area contributed by atoms with Crippen molar-refractivity contribution in [3.8, 4) is 17.6 Å². The smallest absolute Gasteiger partial charge is 0.198 e. The summed E-state index contributed by atoms with van der Waals surface area (Å²) in [6.45, 7) is -0.872. The molecule has 0 amide bonds. The molecular formula is C13H13NO5. The largest absolute Gasteiger partial charge is 0.504 e. The summed E-state index contributed by atoms with van der Waals surface area (Å²) >= 11 is 0. The molecule has 0 saturated carbocycles. The average molecular weight is 263 g/mol. The molecule has 1 aromatic carbocycles. The van der Waals surface area contributed by atoms with Gasteiger partial charge in [-0.3, -0.25) is 4.79 Å².